The van der Waals surface area contributed by atoms with Crippen LogP contribution in [-0.4, -0.2) is 34.0 Å². The summed E-state index contributed by atoms with van der Waals surface area (Å²) in [5.74, 6) is -0.254. The van der Waals surface area contributed by atoms with Crippen LogP contribution < -0.4 is 15.4 Å². The number of nitrogens with one attached hydrogen (secondary N) is 3. The number of hydrogen-bond donors (Lipinski definition) is 3. The number of anilines is 1. The minimum absolute atomic E-state index is 0. The Morgan fingerprint density at radius 1 is 1.11 bits per heavy atom. The number of piperidine rings is 1. The SMILES string of the molecule is Cl.O=C(NCC1CCCNC1)c1ccc(S(=O)(=O)Nc2ccc(F)cc2)cc1. The van der Waals surface area contributed by atoms with Crippen molar-refractivity contribution in [1.29, 1.82) is 0 Å². The molecule has 0 bridgehead atoms. The molecule has 1 aliphatic rings. The summed E-state index contributed by atoms with van der Waals surface area (Å²) >= 11 is 0. The highest BCUT2D eigenvalue weighted by molar-refractivity contribution is 7.92. The lowest BCUT2D eigenvalue weighted by molar-refractivity contribution is 0.0944. The zero-order chi connectivity index (χ0) is 19.3. The summed E-state index contributed by atoms with van der Waals surface area (Å²) in [5, 5.41) is 6.19. The fourth-order valence-corrected chi connectivity index (χ4v) is 4.01. The van der Waals surface area contributed by atoms with Gasteiger partial charge in [0.15, 0.2) is 0 Å². The smallest absolute Gasteiger partial charge is 0.261 e. The van der Waals surface area contributed by atoms with Gasteiger partial charge in [-0.1, -0.05) is 0 Å². The van der Waals surface area contributed by atoms with Crippen LogP contribution in [0.5, 0.6) is 0 Å². The Balaban J connectivity index is 0.00000280. The van der Waals surface area contributed by atoms with Gasteiger partial charge in [-0.2, -0.15) is 0 Å². The lowest BCUT2D eigenvalue weighted by Crippen LogP contribution is -2.38. The Hall–Kier alpha value is -2.16. The van der Waals surface area contributed by atoms with Gasteiger partial charge in [0, 0.05) is 17.8 Å². The number of hydrogen-bond acceptors (Lipinski definition) is 4. The van der Waals surface area contributed by atoms with E-state index in [1.54, 1.807) is 0 Å². The Kier molecular flexibility index (Phi) is 7.79. The monoisotopic (exact) mass is 427 g/mol. The van der Waals surface area contributed by atoms with Crippen LogP contribution in [0.2, 0.25) is 0 Å². The topological polar surface area (TPSA) is 87.3 Å². The van der Waals surface area contributed by atoms with Gasteiger partial charge in [0.05, 0.1) is 4.90 Å². The van der Waals surface area contributed by atoms with Crippen LogP contribution in [0, 0.1) is 11.7 Å². The van der Waals surface area contributed by atoms with E-state index in [9.17, 15) is 17.6 Å². The van der Waals surface area contributed by atoms with Gasteiger partial charge < -0.3 is 10.6 Å². The maximum Gasteiger partial charge on any atom is 0.261 e. The Morgan fingerprint density at radius 2 is 1.79 bits per heavy atom. The largest absolute Gasteiger partial charge is 0.352 e. The predicted molar refractivity (Wildman–Crippen MR) is 109 cm³/mol. The van der Waals surface area contributed by atoms with Crippen LogP contribution in [-0.2, 0) is 10.0 Å². The summed E-state index contributed by atoms with van der Waals surface area (Å²) in [7, 11) is -3.81. The summed E-state index contributed by atoms with van der Waals surface area (Å²) in [6, 6.07) is 10.7. The molecule has 1 amide bonds. The Bertz CT molecular complexity index is 884. The number of benzene rings is 2. The van der Waals surface area contributed by atoms with E-state index in [1.807, 2.05) is 0 Å². The Labute approximate surface area is 170 Å². The lowest BCUT2D eigenvalue weighted by Gasteiger charge is -2.22. The molecule has 152 valence electrons. The molecule has 0 aromatic heterocycles. The zero-order valence-corrected chi connectivity index (χ0v) is 16.8. The molecule has 28 heavy (non-hydrogen) atoms. The zero-order valence-electron chi connectivity index (χ0n) is 15.2. The van der Waals surface area contributed by atoms with Crippen molar-refractivity contribution in [1.82, 2.24) is 10.6 Å². The second-order valence-electron chi connectivity index (χ2n) is 6.56. The number of amides is 1. The molecule has 3 N–H and O–H groups in total. The van der Waals surface area contributed by atoms with Crippen LogP contribution in [0.15, 0.2) is 53.4 Å². The maximum absolute atomic E-state index is 12.9. The Morgan fingerprint density at radius 3 is 2.39 bits per heavy atom. The van der Waals surface area contributed by atoms with E-state index in [0.29, 0.717) is 18.0 Å². The third-order valence-corrected chi connectivity index (χ3v) is 5.87. The van der Waals surface area contributed by atoms with Gasteiger partial charge in [-0.25, -0.2) is 12.8 Å². The maximum atomic E-state index is 12.9. The van der Waals surface area contributed by atoms with Gasteiger partial charge in [-0.3, -0.25) is 9.52 Å². The van der Waals surface area contributed by atoms with Crippen LogP contribution >= 0.6 is 12.4 Å². The molecule has 2 aromatic rings. The molecule has 1 saturated heterocycles. The van der Waals surface area contributed by atoms with Crippen molar-refractivity contribution in [2.45, 2.75) is 17.7 Å². The van der Waals surface area contributed by atoms with Crippen molar-refractivity contribution < 1.29 is 17.6 Å². The highest BCUT2D eigenvalue weighted by atomic mass is 35.5. The molecule has 6 nitrogen and oxygen atoms in total. The highest BCUT2D eigenvalue weighted by Gasteiger charge is 2.17. The number of sulfonamides is 1. The lowest BCUT2D eigenvalue weighted by atomic mass is 10.00. The average Bonchev–Trinajstić information content (AvgIpc) is 2.69. The fourth-order valence-electron chi connectivity index (χ4n) is 2.95. The summed E-state index contributed by atoms with van der Waals surface area (Å²) in [5.41, 5.74) is 0.666. The molecule has 0 spiro atoms. The number of halogens is 2. The van der Waals surface area contributed by atoms with E-state index in [4.69, 9.17) is 0 Å². The van der Waals surface area contributed by atoms with Crippen LogP contribution in [0.25, 0.3) is 0 Å². The van der Waals surface area contributed by atoms with Gasteiger partial charge in [0.1, 0.15) is 5.82 Å². The first kappa shape index (κ1) is 22.1. The van der Waals surface area contributed by atoms with Crippen molar-refractivity contribution in [3.63, 3.8) is 0 Å². The van der Waals surface area contributed by atoms with Gasteiger partial charge in [0.2, 0.25) is 0 Å². The average molecular weight is 428 g/mol. The number of rotatable bonds is 6. The molecule has 3 rings (SSSR count). The predicted octanol–water partition coefficient (Wildman–Crippen LogP) is 2.78. The summed E-state index contributed by atoms with van der Waals surface area (Å²) in [6.45, 7) is 2.51. The van der Waals surface area contributed by atoms with E-state index in [1.165, 1.54) is 48.5 Å². The molecule has 9 heteroatoms. The molecule has 1 aliphatic heterocycles. The minimum atomic E-state index is -3.81. The van der Waals surface area contributed by atoms with Crippen molar-refractivity contribution in [3.8, 4) is 0 Å². The van der Waals surface area contributed by atoms with Crippen molar-refractivity contribution in [2.24, 2.45) is 5.92 Å². The molecule has 1 unspecified atom stereocenters. The third-order valence-electron chi connectivity index (χ3n) is 4.47. The second kappa shape index (κ2) is 9.86. The van der Waals surface area contributed by atoms with Crippen LogP contribution in [0.4, 0.5) is 10.1 Å². The van der Waals surface area contributed by atoms with E-state index in [2.05, 4.69) is 15.4 Å². The number of carbonyl (C=O) groups is 1. The first-order valence-electron chi connectivity index (χ1n) is 8.81. The van der Waals surface area contributed by atoms with Gasteiger partial charge in [0.25, 0.3) is 15.9 Å². The molecule has 0 aliphatic carbocycles. The molecule has 0 radical (unpaired) electrons. The molecular weight excluding hydrogens is 405 g/mol. The first-order valence-corrected chi connectivity index (χ1v) is 10.3. The van der Waals surface area contributed by atoms with E-state index in [0.717, 1.165) is 25.9 Å². The summed E-state index contributed by atoms with van der Waals surface area (Å²) in [6.07, 6.45) is 2.19. The third kappa shape index (κ3) is 5.92. The van der Waals surface area contributed by atoms with Crippen LogP contribution in [0.1, 0.15) is 23.2 Å². The molecule has 0 saturated carbocycles. The summed E-state index contributed by atoms with van der Waals surface area (Å²) < 4.78 is 40.1. The highest BCUT2D eigenvalue weighted by Crippen LogP contribution is 2.17. The quantitative estimate of drug-likeness (QED) is 0.661. The van der Waals surface area contributed by atoms with E-state index in [-0.39, 0.29) is 28.9 Å². The van der Waals surface area contributed by atoms with Gasteiger partial charge in [-0.15, -0.1) is 12.4 Å². The van der Waals surface area contributed by atoms with Crippen molar-refractivity contribution >= 4 is 34.0 Å². The first-order chi connectivity index (χ1) is 12.9. The number of carbonyl (C=O) groups excluding carboxylic acids is 1. The minimum Gasteiger partial charge on any atom is -0.352 e. The van der Waals surface area contributed by atoms with E-state index >= 15 is 0 Å². The fraction of sp³-hybridized carbons (Fsp3) is 0.316. The summed E-state index contributed by atoms with van der Waals surface area (Å²) in [4.78, 5) is 12.3. The van der Waals surface area contributed by atoms with Crippen molar-refractivity contribution in [3.05, 3.63) is 59.9 Å². The molecule has 2 aromatic carbocycles. The molecule has 1 atom stereocenters. The second-order valence-corrected chi connectivity index (χ2v) is 8.24. The van der Waals surface area contributed by atoms with Gasteiger partial charge >= 0.3 is 0 Å². The molecule has 1 fully saturated rings. The standard InChI is InChI=1S/C19H22FN3O3S.ClH/c20-16-5-7-17(8-6-16)23-27(25,26)18-9-3-15(4-10-18)19(24)22-13-14-2-1-11-21-12-14;/h3-10,14,21,23H,1-2,11-13H2,(H,22,24);1H. The van der Waals surface area contributed by atoms with Crippen molar-refractivity contribution in [2.75, 3.05) is 24.4 Å². The van der Waals surface area contributed by atoms with Gasteiger partial charge in [-0.05, 0) is 80.4 Å². The van der Waals surface area contributed by atoms with E-state index < -0.39 is 15.8 Å². The molecular formula is C19H23ClFN3O3S. The van der Waals surface area contributed by atoms with Crippen LogP contribution in [0.3, 0.4) is 0 Å². The molecule has 1 heterocycles. The normalized spacial score (nSPS) is 16.7.